The molecule has 0 amide bonds. The third-order valence-electron chi connectivity index (χ3n) is 2.17. The largest absolute Gasteiger partial charge is 0.493 e. The van der Waals surface area contributed by atoms with E-state index in [0.717, 1.165) is 0 Å². The summed E-state index contributed by atoms with van der Waals surface area (Å²) >= 11 is 0. The number of halogens is 2. The van der Waals surface area contributed by atoms with Gasteiger partial charge in [0.1, 0.15) is 6.17 Å². The molecule has 2 nitrogen and oxygen atoms in total. The third kappa shape index (κ3) is 2.65. The molecule has 0 saturated heterocycles. The number of hydrogen-bond acceptors (Lipinski definition) is 2. The highest BCUT2D eigenvalue weighted by Crippen LogP contribution is 2.28. The molecule has 1 aromatic carbocycles. The first-order chi connectivity index (χ1) is 7.10. The Morgan fingerprint density at radius 2 is 2.13 bits per heavy atom. The van der Waals surface area contributed by atoms with Crippen LogP contribution in [0.15, 0.2) is 12.1 Å². The zero-order chi connectivity index (χ0) is 11.4. The maximum atomic E-state index is 13.5. The topological polar surface area (TPSA) is 21.3 Å². The molecule has 1 aromatic rings. The van der Waals surface area contributed by atoms with Gasteiger partial charge in [-0.1, -0.05) is 0 Å². The Morgan fingerprint density at radius 3 is 2.60 bits per heavy atom. The summed E-state index contributed by atoms with van der Waals surface area (Å²) in [7, 11) is 3.14. The van der Waals surface area contributed by atoms with Gasteiger partial charge in [0.15, 0.2) is 11.6 Å². The van der Waals surface area contributed by atoms with Crippen molar-refractivity contribution in [2.45, 2.75) is 19.6 Å². The van der Waals surface area contributed by atoms with E-state index in [1.54, 1.807) is 13.1 Å². The molecule has 4 heteroatoms. The molecule has 0 saturated carbocycles. The lowest BCUT2D eigenvalue weighted by Crippen LogP contribution is -2.08. The molecule has 0 radical (unpaired) electrons. The van der Waals surface area contributed by atoms with Gasteiger partial charge in [0.25, 0.3) is 0 Å². The molecule has 0 bridgehead atoms. The number of hydrogen-bond donors (Lipinski definition) is 1. The van der Waals surface area contributed by atoms with Gasteiger partial charge in [-0.2, -0.15) is 0 Å². The fourth-order valence-corrected chi connectivity index (χ4v) is 1.45. The van der Waals surface area contributed by atoms with Crippen molar-refractivity contribution in [3.05, 3.63) is 29.1 Å². The monoisotopic (exact) mass is 215 g/mol. The van der Waals surface area contributed by atoms with Crippen LogP contribution in [0.4, 0.5) is 8.78 Å². The van der Waals surface area contributed by atoms with E-state index in [9.17, 15) is 8.78 Å². The highest BCUT2D eigenvalue weighted by Gasteiger charge is 2.13. The van der Waals surface area contributed by atoms with E-state index in [0.29, 0.717) is 17.7 Å². The van der Waals surface area contributed by atoms with Crippen LogP contribution in [-0.4, -0.2) is 14.2 Å². The van der Waals surface area contributed by atoms with Crippen molar-refractivity contribution in [2.75, 3.05) is 14.2 Å². The van der Waals surface area contributed by atoms with E-state index in [1.807, 2.05) is 0 Å². The minimum Gasteiger partial charge on any atom is -0.493 e. The Morgan fingerprint density at radius 1 is 1.47 bits per heavy atom. The third-order valence-corrected chi connectivity index (χ3v) is 2.17. The van der Waals surface area contributed by atoms with Crippen molar-refractivity contribution in [1.29, 1.82) is 0 Å². The summed E-state index contributed by atoms with van der Waals surface area (Å²) in [6.07, 6.45) is -1.18. The summed E-state index contributed by atoms with van der Waals surface area (Å²) < 4.78 is 31.4. The Bertz CT molecular complexity index is 340. The maximum absolute atomic E-state index is 13.5. The summed E-state index contributed by atoms with van der Waals surface area (Å²) in [5.41, 5.74) is 0.957. The fraction of sp³-hybridized carbons (Fsp3) is 0.455. The Labute approximate surface area is 88.3 Å². The molecule has 1 atom stereocenters. The molecule has 0 aliphatic rings. The second-order valence-corrected chi connectivity index (χ2v) is 3.34. The van der Waals surface area contributed by atoms with Crippen molar-refractivity contribution in [3.8, 4) is 5.75 Å². The van der Waals surface area contributed by atoms with Crippen molar-refractivity contribution < 1.29 is 13.5 Å². The Kier molecular flexibility index (Phi) is 4.03. The normalized spacial score (nSPS) is 12.6. The van der Waals surface area contributed by atoms with Crippen LogP contribution in [0.1, 0.15) is 24.2 Å². The highest BCUT2D eigenvalue weighted by molar-refractivity contribution is 5.39. The van der Waals surface area contributed by atoms with Gasteiger partial charge in [-0.15, -0.1) is 0 Å². The molecule has 0 spiro atoms. The maximum Gasteiger partial charge on any atom is 0.165 e. The van der Waals surface area contributed by atoms with Crippen LogP contribution in [-0.2, 0) is 6.54 Å². The number of benzene rings is 1. The Balaban J connectivity index is 3.19. The second-order valence-electron chi connectivity index (χ2n) is 3.34. The van der Waals surface area contributed by atoms with Crippen LogP contribution in [0.2, 0.25) is 0 Å². The fourth-order valence-electron chi connectivity index (χ4n) is 1.45. The molecule has 0 aliphatic carbocycles. The van der Waals surface area contributed by atoms with Crippen LogP contribution >= 0.6 is 0 Å². The van der Waals surface area contributed by atoms with Gasteiger partial charge in [0.05, 0.1) is 7.11 Å². The average molecular weight is 215 g/mol. The number of alkyl halides is 1. The first-order valence-corrected chi connectivity index (χ1v) is 4.75. The summed E-state index contributed by atoms with van der Waals surface area (Å²) in [6, 6.07) is 2.78. The zero-order valence-electron chi connectivity index (χ0n) is 9.10. The summed E-state index contributed by atoms with van der Waals surface area (Å²) in [4.78, 5) is 0. The first kappa shape index (κ1) is 11.9. The molecule has 84 valence electrons. The van der Waals surface area contributed by atoms with Crippen LogP contribution in [0.3, 0.4) is 0 Å². The van der Waals surface area contributed by atoms with Gasteiger partial charge in [-0.05, 0) is 31.7 Å². The van der Waals surface area contributed by atoms with Crippen LogP contribution < -0.4 is 10.1 Å². The minimum atomic E-state index is -1.18. The molecule has 1 rings (SSSR count). The molecular formula is C11H15F2NO. The quantitative estimate of drug-likeness (QED) is 0.833. The van der Waals surface area contributed by atoms with Gasteiger partial charge < -0.3 is 10.1 Å². The molecule has 0 aliphatic heterocycles. The number of rotatable bonds is 4. The lowest BCUT2D eigenvalue weighted by Gasteiger charge is -2.12. The van der Waals surface area contributed by atoms with Gasteiger partial charge >= 0.3 is 0 Å². The van der Waals surface area contributed by atoms with Crippen molar-refractivity contribution in [3.63, 3.8) is 0 Å². The molecule has 0 fully saturated rings. The van der Waals surface area contributed by atoms with Crippen molar-refractivity contribution in [1.82, 2.24) is 5.32 Å². The second kappa shape index (κ2) is 5.07. The summed E-state index contributed by atoms with van der Waals surface area (Å²) in [6.45, 7) is 1.82. The van der Waals surface area contributed by atoms with E-state index < -0.39 is 12.0 Å². The Hall–Kier alpha value is -1.16. The van der Waals surface area contributed by atoms with Crippen molar-refractivity contribution >= 4 is 0 Å². The smallest absolute Gasteiger partial charge is 0.165 e. The number of nitrogens with one attached hydrogen (secondary N) is 1. The molecule has 15 heavy (non-hydrogen) atoms. The first-order valence-electron chi connectivity index (χ1n) is 4.75. The van der Waals surface area contributed by atoms with Crippen LogP contribution in [0.25, 0.3) is 0 Å². The minimum absolute atomic E-state index is 0.175. The van der Waals surface area contributed by atoms with Crippen molar-refractivity contribution in [2.24, 2.45) is 0 Å². The van der Waals surface area contributed by atoms with E-state index in [-0.39, 0.29) is 5.75 Å². The highest BCUT2D eigenvalue weighted by atomic mass is 19.1. The van der Waals surface area contributed by atoms with E-state index in [1.165, 1.54) is 20.1 Å². The van der Waals surface area contributed by atoms with Crippen LogP contribution in [0, 0.1) is 5.82 Å². The summed E-state index contributed by atoms with van der Waals surface area (Å²) in [5.74, 6) is -0.349. The van der Waals surface area contributed by atoms with Gasteiger partial charge in [0.2, 0.25) is 0 Å². The van der Waals surface area contributed by atoms with E-state index in [4.69, 9.17) is 4.74 Å². The molecule has 1 N–H and O–H groups in total. The predicted octanol–water partition coefficient (Wildman–Crippen LogP) is 2.58. The molecular weight excluding hydrogens is 200 g/mol. The van der Waals surface area contributed by atoms with Gasteiger partial charge in [-0.25, -0.2) is 8.78 Å². The van der Waals surface area contributed by atoms with Gasteiger partial charge in [0, 0.05) is 12.1 Å². The predicted molar refractivity (Wildman–Crippen MR) is 55.2 cm³/mol. The van der Waals surface area contributed by atoms with E-state index in [2.05, 4.69) is 5.32 Å². The average Bonchev–Trinajstić information content (AvgIpc) is 2.17. The van der Waals surface area contributed by atoms with Crippen LogP contribution in [0.5, 0.6) is 5.75 Å². The molecule has 0 aromatic heterocycles. The van der Waals surface area contributed by atoms with Gasteiger partial charge in [-0.3, -0.25) is 0 Å². The lowest BCUT2D eigenvalue weighted by molar-refractivity contribution is 0.362. The number of methoxy groups -OCH3 is 1. The summed E-state index contributed by atoms with van der Waals surface area (Å²) in [5, 5.41) is 2.88. The molecule has 0 heterocycles. The zero-order valence-corrected chi connectivity index (χ0v) is 9.10. The molecule has 1 unspecified atom stereocenters. The number of ether oxygens (including phenoxy) is 1. The standard InChI is InChI=1S/C11H15F2NO/c1-7(12)8-4-9(6-14-2)11(15-3)10(13)5-8/h4-5,7,14H,6H2,1-3H3. The SMILES string of the molecule is CNCc1cc(C(C)F)cc(F)c1OC. The van der Waals surface area contributed by atoms with E-state index >= 15 is 0 Å². The lowest BCUT2D eigenvalue weighted by atomic mass is 10.1.